The smallest absolute Gasteiger partial charge is 0.341 e. The summed E-state index contributed by atoms with van der Waals surface area (Å²) in [6, 6.07) is 14.4. The van der Waals surface area contributed by atoms with Crippen molar-refractivity contribution < 1.29 is 19.1 Å². The molecule has 3 rings (SSSR count). The number of benzene rings is 2. The standard InChI is InChI=1S/C26H27N3O4S/c1-16-7-9-20(12-18(16)3)28-23(30)14-33-26(32)22-6-5-11-27-25(22)34-15-24(31)29-21-10-8-17(2)19(4)13-21/h5-13H,14-15H2,1-4H3,(H,28,30)(H,29,31). The number of pyridine rings is 1. The van der Waals surface area contributed by atoms with Crippen molar-refractivity contribution in [2.24, 2.45) is 0 Å². The summed E-state index contributed by atoms with van der Waals surface area (Å²) in [4.78, 5) is 41.3. The fourth-order valence-corrected chi connectivity index (χ4v) is 3.82. The number of anilines is 2. The van der Waals surface area contributed by atoms with Crippen LogP contribution in [0.3, 0.4) is 0 Å². The van der Waals surface area contributed by atoms with E-state index in [0.29, 0.717) is 16.4 Å². The maximum atomic E-state index is 12.6. The Labute approximate surface area is 203 Å². The minimum atomic E-state index is -0.680. The summed E-state index contributed by atoms with van der Waals surface area (Å²) in [6.07, 6.45) is 1.53. The zero-order valence-corrected chi connectivity index (χ0v) is 20.4. The van der Waals surface area contributed by atoms with Gasteiger partial charge in [0.25, 0.3) is 5.91 Å². The third-order valence-corrected chi connectivity index (χ3v) is 6.25. The maximum absolute atomic E-state index is 12.6. The Hall–Kier alpha value is -3.65. The maximum Gasteiger partial charge on any atom is 0.341 e. The van der Waals surface area contributed by atoms with Crippen LogP contribution in [0.4, 0.5) is 11.4 Å². The lowest BCUT2D eigenvalue weighted by Gasteiger charge is -2.10. The molecule has 0 aliphatic rings. The topological polar surface area (TPSA) is 97.4 Å². The Morgan fingerprint density at radius 1 is 0.824 bits per heavy atom. The molecule has 0 aliphatic carbocycles. The molecule has 2 N–H and O–H groups in total. The number of carbonyl (C=O) groups excluding carboxylic acids is 3. The molecule has 0 fully saturated rings. The first-order chi connectivity index (χ1) is 16.2. The summed E-state index contributed by atoms with van der Waals surface area (Å²) in [5.74, 6) is -1.27. The van der Waals surface area contributed by atoms with E-state index in [0.717, 1.165) is 34.0 Å². The summed E-state index contributed by atoms with van der Waals surface area (Å²) in [5.41, 5.74) is 5.95. The second-order valence-corrected chi connectivity index (χ2v) is 8.88. The number of esters is 1. The molecule has 0 bridgehead atoms. The predicted molar refractivity (Wildman–Crippen MR) is 134 cm³/mol. The lowest BCUT2D eigenvalue weighted by atomic mass is 10.1. The van der Waals surface area contributed by atoms with Crippen LogP contribution in [-0.4, -0.2) is 35.1 Å². The highest BCUT2D eigenvalue weighted by Gasteiger charge is 2.17. The highest BCUT2D eigenvalue weighted by molar-refractivity contribution is 8.00. The molecule has 8 heteroatoms. The van der Waals surface area contributed by atoms with Gasteiger partial charge in [-0.3, -0.25) is 9.59 Å². The van der Waals surface area contributed by atoms with Gasteiger partial charge in [0.05, 0.1) is 11.3 Å². The van der Waals surface area contributed by atoms with Gasteiger partial charge in [-0.2, -0.15) is 0 Å². The molecular formula is C26H27N3O4S. The van der Waals surface area contributed by atoms with Crippen LogP contribution in [0.2, 0.25) is 0 Å². The first-order valence-corrected chi connectivity index (χ1v) is 11.7. The third-order valence-electron chi connectivity index (χ3n) is 5.25. The zero-order chi connectivity index (χ0) is 24.7. The van der Waals surface area contributed by atoms with Crippen LogP contribution in [0.15, 0.2) is 59.8 Å². The van der Waals surface area contributed by atoms with Gasteiger partial charge in [0.15, 0.2) is 6.61 Å². The normalized spacial score (nSPS) is 10.5. The van der Waals surface area contributed by atoms with Gasteiger partial charge in [0.2, 0.25) is 5.91 Å². The molecule has 2 amide bonds. The van der Waals surface area contributed by atoms with Crippen LogP contribution in [0.5, 0.6) is 0 Å². The number of ether oxygens (including phenoxy) is 1. The van der Waals surface area contributed by atoms with Crippen molar-refractivity contribution >= 4 is 40.9 Å². The van der Waals surface area contributed by atoms with Crippen LogP contribution in [0.1, 0.15) is 32.6 Å². The fourth-order valence-electron chi connectivity index (χ4n) is 3.04. The Kier molecular flexibility index (Phi) is 8.43. The Morgan fingerprint density at radius 2 is 1.41 bits per heavy atom. The second kappa shape index (κ2) is 11.5. The number of hydrogen-bond donors (Lipinski definition) is 2. The van der Waals surface area contributed by atoms with Gasteiger partial charge in [0.1, 0.15) is 5.03 Å². The lowest BCUT2D eigenvalue weighted by molar-refractivity contribution is -0.119. The van der Waals surface area contributed by atoms with Crippen LogP contribution >= 0.6 is 11.8 Å². The van der Waals surface area contributed by atoms with Crippen molar-refractivity contribution in [3.05, 3.63) is 82.5 Å². The van der Waals surface area contributed by atoms with Crippen LogP contribution in [0, 0.1) is 27.7 Å². The van der Waals surface area contributed by atoms with E-state index in [2.05, 4.69) is 15.6 Å². The first-order valence-electron chi connectivity index (χ1n) is 10.7. The van der Waals surface area contributed by atoms with Gasteiger partial charge in [0, 0.05) is 17.6 Å². The monoisotopic (exact) mass is 477 g/mol. The van der Waals surface area contributed by atoms with Gasteiger partial charge < -0.3 is 15.4 Å². The molecule has 0 radical (unpaired) electrons. The number of carbonyl (C=O) groups is 3. The Bertz CT molecular complexity index is 1230. The van der Waals surface area contributed by atoms with Gasteiger partial charge in [-0.1, -0.05) is 23.9 Å². The molecule has 0 saturated heterocycles. The largest absolute Gasteiger partial charge is 0.452 e. The van der Waals surface area contributed by atoms with Crippen LogP contribution in [-0.2, 0) is 14.3 Å². The number of aryl methyl sites for hydroxylation is 4. The van der Waals surface area contributed by atoms with Crippen molar-refractivity contribution in [2.45, 2.75) is 32.7 Å². The molecule has 3 aromatic rings. The number of thioether (sulfide) groups is 1. The van der Waals surface area contributed by atoms with E-state index in [1.807, 2.05) is 58.0 Å². The molecule has 2 aromatic carbocycles. The zero-order valence-electron chi connectivity index (χ0n) is 19.6. The predicted octanol–water partition coefficient (Wildman–Crippen LogP) is 4.84. The molecule has 7 nitrogen and oxygen atoms in total. The van der Waals surface area contributed by atoms with E-state index in [1.54, 1.807) is 18.2 Å². The van der Waals surface area contributed by atoms with E-state index in [-0.39, 0.29) is 17.2 Å². The Balaban J connectivity index is 1.54. The van der Waals surface area contributed by atoms with E-state index >= 15 is 0 Å². The summed E-state index contributed by atoms with van der Waals surface area (Å²) in [5, 5.41) is 5.91. The van der Waals surface area contributed by atoms with E-state index < -0.39 is 18.5 Å². The molecule has 0 unspecified atom stereocenters. The summed E-state index contributed by atoms with van der Waals surface area (Å²) >= 11 is 1.13. The number of nitrogens with one attached hydrogen (secondary N) is 2. The lowest BCUT2D eigenvalue weighted by Crippen LogP contribution is -2.21. The van der Waals surface area contributed by atoms with Gasteiger partial charge in [-0.25, -0.2) is 9.78 Å². The van der Waals surface area contributed by atoms with E-state index in [9.17, 15) is 14.4 Å². The third kappa shape index (κ3) is 6.92. The average molecular weight is 478 g/mol. The summed E-state index contributed by atoms with van der Waals surface area (Å²) < 4.78 is 5.18. The second-order valence-electron chi connectivity index (χ2n) is 7.92. The van der Waals surface area contributed by atoms with E-state index in [4.69, 9.17) is 4.74 Å². The molecule has 176 valence electrons. The summed E-state index contributed by atoms with van der Waals surface area (Å²) in [7, 11) is 0. The molecule has 1 aromatic heterocycles. The van der Waals surface area contributed by atoms with Gasteiger partial charge >= 0.3 is 5.97 Å². The molecule has 34 heavy (non-hydrogen) atoms. The molecule has 0 saturated carbocycles. The van der Waals surface area contributed by atoms with Crippen molar-refractivity contribution in [3.8, 4) is 0 Å². The average Bonchev–Trinajstić information content (AvgIpc) is 2.81. The van der Waals surface area contributed by atoms with Crippen molar-refractivity contribution in [1.29, 1.82) is 0 Å². The highest BCUT2D eigenvalue weighted by atomic mass is 32.2. The van der Waals surface area contributed by atoms with Crippen molar-refractivity contribution in [1.82, 2.24) is 4.98 Å². The minimum absolute atomic E-state index is 0.0669. The number of hydrogen-bond acceptors (Lipinski definition) is 6. The van der Waals surface area contributed by atoms with Crippen LogP contribution in [0.25, 0.3) is 0 Å². The number of rotatable bonds is 8. The summed E-state index contributed by atoms with van der Waals surface area (Å²) in [6.45, 7) is 7.49. The number of nitrogens with zero attached hydrogens (tertiary/aromatic N) is 1. The first kappa shape index (κ1) is 25.0. The number of aromatic nitrogens is 1. The molecule has 0 spiro atoms. The van der Waals surface area contributed by atoms with Gasteiger partial charge in [-0.05, 0) is 86.3 Å². The van der Waals surface area contributed by atoms with Crippen molar-refractivity contribution in [3.63, 3.8) is 0 Å². The van der Waals surface area contributed by atoms with Crippen molar-refractivity contribution in [2.75, 3.05) is 23.0 Å². The van der Waals surface area contributed by atoms with E-state index in [1.165, 1.54) is 6.20 Å². The van der Waals surface area contributed by atoms with Crippen LogP contribution < -0.4 is 10.6 Å². The molecular weight excluding hydrogens is 450 g/mol. The molecule has 1 heterocycles. The number of amides is 2. The minimum Gasteiger partial charge on any atom is -0.452 e. The van der Waals surface area contributed by atoms with Gasteiger partial charge in [-0.15, -0.1) is 0 Å². The Morgan fingerprint density at radius 3 is 2.00 bits per heavy atom. The quantitative estimate of drug-likeness (QED) is 0.356. The highest BCUT2D eigenvalue weighted by Crippen LogP contribution is 2.22. The fraction of sp³-hybridized carbons (Fsp3) is 0.231. The SMILES string of the molecule is Cc1ccc(NC(=O)COC(=O)c2cccnc2SCC(=O)Nc2ccc(C)c(C)c2)cc1C. The molecule has 0 atom stereocenters. The molecule has 0 aliphatic heterocycles.